The van der Waals surface area contributed by atoms with Gasteiger partial charge in [0.1, 0.15) is 0 Å². The summed E-state index contributed by atoms with van der Waals surface area (Å²) in [5.74, 6) is 0. The zero-order chi connectivity index (χ0) is 13.1. The van der Waals surface area contributed by atoms with E-state index in [4.69, 9.17) is 11.6 Å². The van der Waals surface area contributed by atoms with Gasteiger partial charge in [0.25, 0.3) is 0 Å². The maximum absolute atomic E-state index is 5.85. The van der Waals surface area contributed by atoms with E-state index in [0.717, 1.165) is 17.8 Å². The van der Waals surface area contributed by atoms with Gasteiger partial charge in [0.05, 0.1) is 22.5 Å². The molecule has 0 aliphatic carbocycles. The van der Waals surface area contributed by atoms with Gasteiger partial charge in [-0.1, -0.05) is 11.6 Å². The number of rotatable bonds is 4. The molecule has 0 radical (unpaired) electrons. The van der Waals surface area contributed by atoms with Crippen molar-refractivity contribution < 1.29 is 0 Å². The highest BCUT2D eigenvalue weighted by Gasteiger charge is 2.14. The standard InChI is InChI=1S/C13H17ClN4/c1-9-6-11(18(3)17-9)7-13(15-2)12-5-4-10(14)8-16-12/h4-6,8,13,15H,7H2,1-3H3. The summed E-state index contributed by atoms with van der Waals surface area (Å²) in [5.41, 5.74) is 3.20. The molecule has 5 heteroatoms. The molecule has 0 aliphatic heterocycles. The Labute approximate surface area is 112 Å². The predicted molar refractivity (Wildman–Crippen MR) is 72.7 cm³/mol. The molecular formula is C13H17ClN4. The highest BCUT2D eigenvalue weighted by molar-refractivity contribution is 6.30. The molecule has 0 amide bonds. The molecule has 0 saturated heterocycles. The molecule has 2 rings (SSSR count). The van der Waals surface area contributed by atoms with Crippen molar-refractivity contribution in [2.24, 2.45) is 7.05 Å². The number of nitrogens with one attached hydrogen (secondary N) is 1. The molecule has 18 heavy (non-hydrogen) atoms. The first-order chi connectivity index (χ1) is 8.60. The van der Waals surface area contributed by atoms with Gasteiger partial charge in [-0.15, -0.1) is 0 Å². The fourth-order valence-electron chi connectivity index (χ4n) is 2.01. The Balaban J connectivity index is 2.19. The molecule has 1 unspecified atom stereocenters. The zero-order valence-corrected chi connectivity index (χ0v) is 11.6. The zero-order valence-electron chi connectivity index (χ0n) is 10.8. The van der Waals surface area contributed by atoms with Crippen LogP contribution in [0.4, 0.5) is 0 Å². The van der Waals surface area contributed by atoms with Crippen LogP contribution in [0.3, 0.4) is 0 Å². The lowest BCUT2D eigenvalue weighted by molar-refractivity contribution is 0.549. The fraction of sp³-hybridized carbons (Fsp3) is 0.385. The summed E-state index contributed by atoms with van der Waals surface area (Å²) in [4.78, 5) is 4.36. The normalized spacial score (nSPS) is 12.7. The topological polar surface area (TPSA) is 42.7 Å². The Bertz CT molecular complexity index is 518. The van der Waals surface area contributed by atoms with Gasteiger partial charge in [-0.3, -0.25) is 9.67 Å². The second-order valence-corrected chi connectivity index (χ2v) is 4.78. The van der Waals surface area contributed by atoms with Gasteiger partial charge in [-0.05, 0) is 32.2 Å². The molecule has 2 aromatic heterocycles. The van der Waals surface area contributed by atoms with Crippen molar-refractivity contribution >= 4 is 11.6 Å². The van der Waals surface area contributed by atoms with E-state index in [0.29, 0.717) is 5.02 Å². The third-order valence-corrected chi connectivity index (χ3v) is 3.19. The minimum atomic E-state index is 0.164. The first kappa shape index (κ1) is 13.1. The van der Waals surface area contributed by atoms with Crippen LogP contribution in [0.1, 0.15) is 23.1 Å². The average molecular weight is 265 g/mol. The number of aromatic nitrogens is 3. The van der Waals surface area contributed by atoms with E-state index in [2.05, 4.69) is 21.5 Å². The van der Waals surface area contributed by atoms with Crippen LogP contribution in [0.25, 0.3) is 0 Å². The first-order valence-electron chi connectivity index (χ1n) is 5.88. The van der Waals surface area contributed by atoms with Gasteiger partial charge in [0.15, 0.2) is 0 Å². The third-order valence-electron chi connectivity index (χ3n) is 2.97. The molecule has 96 valence electrons. The van der Waals surface area contributed by atoms with Crippen molar-refractivity contribution in [3.63, 3.8) is 0 Å². The number of likely N-dealkylation sites (N-methyl/N-ethyl adjacent to an activating group) is 1. The van der Waals surface area contributed by atoms with Crippen molar-refractivity contribution in [1.29, 1.82) is 0 Å². The largest absolute Gasteiger partial charge is 0.311 e. The maximum atomic E-state index is 5.85. The van der Waals surface area contributed by atoms with Crippen molar-refractivity contribution in [1.82, 2.24) is 20.1 Å². The van der Waals surface area contributed by atoms with E-state index in [-0.39, 0.29) is 6.04 Å². The molecule has 0 spiro atoms. The molecule has 0 fully saturated rings. The molecule has 0 aromatic carbocycles. The van der Waals surface area contributed by atoms with Gasteiger partial charge in [-0.25, -0.2) is 0 Å². The summed E-state index contributed by atoms with van der Waals surface area (Å²) >= 11 is 5.85. The summed E-state index contributed by atoms with van der Waals surface area (Å²) < 4.78 is 1.91. The Morgan fingerprint density at radius 2 is 2.22 bits per heavy atom. The van der Waals surface area contributed by atoms with Crippen molar-refractivity contribution in [3.8, 4) is 0 Å². The van der Waals surface area contributed by atoms with E-state index < -0.39 is 0 Å². The van der Waals surface area contributed by atoms with Crippen LogP contribution in [-0.4, -0.2) is 21.8 Å². The lowest BCUT2D eigenvalue weighted by Crippen LogP contribution is -2.21. The van der Waals surface area contributed by atoms with E-state index in [1.165, 1.54) is 5.69 Å². The summed E-state index contributed by atoms with van der Waals surface area (Å²) in [6.07, 6.45) is 2.53. The van der Waals surface area contributed by atoms with E-state index >= 15 is 0 Å². The Hall–Kier alpha value is -1.39. The number of hydrogen-bond acceptors (Lipinski definition) is 3. The highest BCUT2D eigenvalue weighted by atomic mass is 35.5. The van der Waals surface area contributed by atoms with Crippen LogP contribution in [-0.2, 0) is 13.5 Å². The molecule has 2 aromatic rings. The molecule has 0 saturated carbocycles. The van der Waals surface area contributed by atoms with Crippen molar-refractivity contribution in [2.75, 3.05) is 7.05 Å². The lowest BCUT2D eigenvalue weighted by Gasteiger charge is -2.15. The number of hydrogen-bond donors (Lipinski definition) is 1. The summed E-state index contributed by atoms with van der Waals surface area (Å²) in [7, 11) is 3.90. The average Bonchev–Trinajstić information content (AvgIpc) is 2.66. The first-order valence-corrected chi connectivity index (χ1v) is 6.26. The van der Waals surface area contributed by atoms with E-state index in [9.17, 15) is 0 Å². The minimum absolute atomic E-state index is 0.164. The smallest absolute Gasteiger partial charge is 0.0596 e. The Kier molecular flexibility index (Phi) is 3.99. The van der Waals surface area contributed by atoms with Crippen LogP contribution >= 0.6 is 11.6 Å². The van der Waals surface area contributed by atoms with Gasteiger partial charge in [0.2, 0.25) is 0 Å². The minimum Gasteiger partial charge on any atom is -0.311 e. The van der Waals surface area contributed by atoms with Crippen molar-refractivity contribution in [2.45, 2.75) is 19.4 Å². The van der Waals surface area contributed by atoms with Gasteiger partial charge >= 0.3 is 0 Å². The highest BCUT2D eigenvalue weighted by Crippen LogP contribution is 2.18. The van der Waals surface area contributed by atoms with Crippen LogP contribution in [0.5, 0.6) is 0 Å². The monoisotopic (exact) mass is 264 g/mol. The number of halogens is 1. The Morgan fingerprint density at radius 3 is 2.72 bits per heavy atom. The molecule has 0 bridgehead atoms. The SMILES string of the molecule is CNC(Cc1cc(C)nn1C)c1ccc(Cl)cn1. The summed E-state index contributed by atoms with van der Waals surface area (Å²) in [5, 5.41) is 8.29. The second kappa shape index (κ2) is 5.50. The van der Waals surface area contributed by atoms with Crippen LogP contribution in [0, 0.1) is 6.92 Å². The van der Waals surface area contributed by atoms with Crippen LogP contribution in [0.2, 0.25) is 5.02 Å². The molecule has 1 N–H and O–H groups in total. The van der Waals surface area contributed by atoms with Crippen LogP contribution in [0.15, 0.2) is 24.4 Å². The van der Waals surface area contributed by atoms with Gasteiger partial charge in [0, 0.05) is 25.4 Å². The van der Waals surface area contributed by atoms with E-state index in [1.807, 2.05) is 37.8 Å². The molecule has 2 heterocycles. The van der Waals surface area contributed by atoms with Crippen molar-refractivity contribution in [3.05, 3.63) is 46.5 Å². The maximum Gasteiger partial charge on any atom is 0.0596 e. The molecule has 0 aliphatic rings. The number of pyridine rings is 1. The van der Waals surface area contributed by atoms with E-state index in [1.54, 1.807) is 6.20 Å². The number of aryl methyl sites for hydroxylation is 2. The predicted octanol–water partition coefficient (Wildman–Crippen LogP) is 2.28. The molecule has 1 atom stereocenters. The molecular weight excluding hydrogens is 248 g/mol. The number of nitrogens with zero attached hydrogens (tertiary/aromatic N) is 3. The second-order valence-electron chi connectivity index (χ2n) is 4.35. The third kappa shape index (κ3) is 2.89. The van der Waals surface area contributed by atoms with Gasteiger partial charge in [-0.2, -0.15) is 5.10 Å². The summed E-state index contributed by atoms with van der Waals surface area (Å²) in [6.45, 7) is 2.00. The fourth-order valence-corrected chi connectivity index (χ4v) is 2.12. The lowest BCUT2D eigenvalue weighted by atomic mass is 10.1. The quantitative estimate of drug-likeness (QED) is 0.921. The Morgan fingerprint density at radius 1 is 1.44 bits per heavy atom. The van der Waals surface area contributed by atoms with Crippen LogP contribution < -0.4 is 5.32 Å². The summed E-state index contributed by atoms with van der Waals surface area (Å²) in [6, 6.07) is 6.08. The molecule has 4 nitrogen and oxygen atoms in total. The van der Waals surface area contributed by atoms with Gasteiger partial charge < -0.3 is 5.32 Å².